The Morgan fingerprint density at radius 3 is 3.24 bits per heavy atom. The van der Waals surface area contributed by atoms with E-state index in [1.807, 2.05) is 0 Å². The van der Waals surface area contributed by atoms with Crippen molar-refractivity contribution in [3.8, 4) is 0 Å². The second-order valence-corrected chi connectivity index (χ2v) is 6.97. The highest BCUT2D eigenvalue weighted by molar-refractivity contribution is 7.09. The molecule has 0 radical (unpaired) electrons. The maximum absolute atomic E-state index is 12.1. The molecule has 1 N–H and O–H groups in total. The number of carbonyl (C=O) groups excluding carboxylic acids is 1. The maximum atomic E-state index is 12.1. The highest BCUT2D eigenvalue weighted by Gasteiger charge is 2.54. The van der Waals surface area contributed by atoms with Crippen molar-refractivity contribution in [3.05, 3.63) is 22.4 Å². The molecule has 4 nitrogen and oxygen atoms in total. The summed E-state index contributed by atoms with van der Waals surface area (Å²) in [6, 6.07) is 4.43. The molecule has 1 saturated carbocycles. The molecule has 2 aliphatic rings. The Labute approximate surface area is 129 Å². The number of rotatable bonds is 7. The number of carbonyl (C=O) groups is 1. The third-order valence-corrected chi connectivity index (χ3v) is 5.56. The number of aryl methyl sites for hydroxylation is 1. The van der Waals surface area contributed by atoms with Crippen molar-refractivity contribution < 1.29 is 14.3 Å². The predicted molar refractivity (Wildman–Crippen MR) is 82.4 cm³/mol. The van der Waals surface area contributed by atoms with Crippen LogP contribution in [0.4, 0.5) is 0 Å². The van der Waals surface area contributed by atoms with Gasteiger partial charge in [-0.3, -0.25) is 4.79 Å². The number of thiophene rings is 1. The predicted octanol–water partition coefficient (Wildman–Crippen LogP) is 2.24. The lowest BCUT2D eigenvalue weighted by atomic mass is 9.67. The minimum absolute atomic E-state index is 0.169. The van der Waals surface area contributed by atoms with E-state index in [1.165, 1.54) is 4.88 Å². The van der Waals surface area contributed by atoms with Crippen LogP contribution in [-0.2, 0) is 20.7 Å². The van der Waals surface area contributed by atoms with Crippen LogP contribution in [0.5, 0.6) is 0 Å². The highest BCUT2D eigenvalue weighted by atomic mass is 32.1. The van der Waals surface area contributed by atoms with Crippen molar-refractivity contribution in [2.45, 2.75) is 37.8 Å². The van der Waals surface area contributed by atoms with Crippen LogP contribution in [0.2, 0.25) is 0 Å². The fourth-order valence-corrected chi connectivity index (χ4v) is 4.32. The molecule has 1 aliphatic heterocycles. The molecule has 2 fully saturated rings. The molecular formula is C16H23NO3S. The monoisotopic (exact) mass is 309 g/mol. The van der Waals surface area contributed by atoms with Crippen LogP contribution in [0, 0.1) is 11.8 Å². The third kappa shape index (κ3) is 3.30. The Bertz CT molecular complexity index is 462. The van der Waals surface area contributed by atoms with Gasteiger partial charge in [-0.1, -0.05) is 6.07 Å². The molecule has 1 saturated heterocycles. The van der Waals surface area contributed by atoms with Crippen LogP contribution >= 0.6 is 11.3 Å². The van der Waals surface area contributed by atoms with Gasteiger partial charge in [0.1, 0.15) is 0 Å². The molecule has 1 aromatic heterocycles. The zero-order valence-corrected chi connectivity index (χ0v) is 13.2. The molecule has 0 spiro atoms. The van der Waals surface area contributed by atoms with Gasteiger partial charge in [-0.25, -0.2) is 0 Å². The molecule has 116 valence electrons. The van der Waals surface area contributed by atoms with E-state index in [-0.39, 0.29) is 11.9 Å². The second-order valence-electron chi connectivity index (χ2n) is 5.93. The van der Waals surface area contributed by atoms with Gasteiger partial charge in [-0.05, 0) is 30.7 Å². The second kappa shape index (κ2) is 6.90. The SMILES string of the molecule is COC[C@H]1[C@H](NC(=O)CCCc2cccs2)[C@H]2CCO[C@H]21. The summed E-state index contributed by atoms with van der Waals surface area (Å²) in [6.07, 6.45) is 3.86. The maximum Gasteiger partial charge on any atom is 0.220 e. The summed E-state index contributed by atoms with van der Waals surface area (Å²) in [4.78, 5) is 13.5. The van der Waals surface area contributed by atoms with Crippen LogP contribution < -0.4 is 5.32 Å². The van der Waals surface area contributed by atoms with Gasteiger partial charge in [0.2, 0.25) is 5.91 Å². The number of methoxy groups -OCH3 is 1. The number of nitrogens with one attached hydrogen (secondary N) is 1. The van der Waals surface area contributed by atoms with Crippen LogP contribution in [-0.4, -0.2) is 38.4 Å². The quantitative estimate of drug-likeness (QED) is 0.840. The lowest BCUT2D eigenvalue weighted by molar-refractivity contribution is -0.129. The van der Waals surface area contributed by atoms with Gasteiger partial charge in [0.25, 0.3) is 0 Å². The topological polar surface area (TPSA) is 47.6 Å². The summed E-state index contributed by atoms with van der Waals surface area (Å²) in [5, 5.41) is 5.29. The van der Waals surface area contributed by atoms with Crippen molar-refractivity contribution >= 4 is 17.2 Å². The first-order chi connectivity index (χ1) is 10.3. The standard InChI is InChI=1S/C16H23NO3S/c1-19-10-13-15(12-7-8-20-16(12)13)17-14(18)6-2-4-11-5-3-9-21-11/h3,5,9,12-13,15-16H,2,4,6-8,10H2,1H3,(H,17,18)/t12-,13+,15-,16-/m1/s1. The molecule has 0 unspecified atom stereocenters. The first kappa shape index (κ1) is 15.0. The summed E-state index contributed by atoms with van der Waals surface area (Å²) in [7, 11) is 1.71. The fourth-order valence-electron chi connectivity index (χ4n) is 3.57. The molecule has 1 aromatic rings. The smallest absolute Gasteiger partial charge is 0.220 e. The molecule has 1 aliphatic carbocycles. The van der Waals surface area contributed by atoms with E-state index in [4.69, 9.17) is 9.47 Å². The minimum atomic E-state index is 0.169. The Morgan fingerprint density at radius 2 is 2.48 bits per heavy atom. The normalized spacial score (nSPS) is 30.7. The third-order valence-electron chi connectivity index (χ3n) is 4.62. The van der Waals surface area contributed by atoms with Gasteiger partial charge in [0.05, 0.1) is 12.7 Å². The van der Waals surface area contributed by atoms with Crippen LogP contribution in [0.15, 0.2) is 17.5 Å². The first-order valence-corrected chi connectivity index (χ1v) is 8.60. The molecule has 2 heterocycles. The van der Waals surface area contributed by atoms with Crippen molar-refractivity contribution in [2.24, 2.45) is 11.8 Å². The van der Waals surface area contributed by atoms with Gasteiger partial charge in [-0.15, -0.1) is 11.3 Å². The van der Waals surface area contributed by atoms with Crippen molar-refractivity contribution in [3.63, 3.8) is 0 Å². The van der Waals surface area contributed by atoms with Gasteiger partial charge in [-0.2, -0.15) is 0 Å². The average molecular weight is 309 g/mol. The number of hydrogen-bond donors (Lipinski definition) is 1. The molecule has 4 atom stereocenters. The summed E-state index contributed by atoms with van der Waals surface area (Å²) in [5.74, 6) is 0.984. The molecule has 1 amide bonds. The van der Waals surface area contributed by atoms with Crippen molar-refractivity contribution in [2.75, 3.05) is 20.3 Å². The van der Waals surface area contributed by atoms with Gasteiger partial charge in [0.15, 0.2) is 0 Å². The van der Waals surface area contributed by atoms with Gasteiger partial charge in [0, 0.05) is 42.9 Å². The number of amides is 1. The summed E-state index contributed by atoms with van der Waals surface area (Å²) in [6.45, 7) is 1.49. The lowest BCUT2D eigenvalue weighted by Gasteiger charge is -2.47. The largest absolute Gasteiger partial charge is 0.384 e. The fraction of sp³-hybridized carbons (Fsp3) is 0.688. The summed E-state index contributed by atoms with van der Waals surface area (Å²) < 4.78 is 11.0. The highest BCUT2D eigenvalue weighted by Crippen LogP contribution is 2.43. The Hall–Kier alpha value is -0.910. The van der Waals surface area contributed by atoms with Crippen molar-refractivity contribution in [1.29, 1.82) is 0 Å². The zero-order valence-electron chi connectivity index (χ0n) is 12.4. The van der Waals surface area contributed by atoms with E-state index in [2.05, 4.69) is 22.8 Å². The number of fused-ring (bicyclic) bond motifs is 1. The van der Waals surface area contributed by atoms with Crippen LogP contribution in [0.1, 0.15) is 24.1 Å². The Balaban J connectivity index is 1.43. The Kier molecular flexibility index (Phi) is 4.93. The van der Waals surface area contributed by atoms with E-state index in [0.717, 1.165) is 25.9 Å². The Morgan fingerprint density at radius 1 is 1.57 bits per heavy atom. The van der Waals surface area contributed by atoms with Crippen LogP contribution in [0.25, 0.3) is 0 Å². The molecule has 5 heteroatoms. The average Bonchev–Trinajstić information content (AvgIpc) is 3.12. The molecular weight excluding hydrogens is 286 g/mol. The van der Waals surface area contributed by atoms with Gasteiger partial charge >= 0.3 is 0 Å². The van der Waals surface area contributed by atoms with Gasteiger partial charge < -0.3 is 14.8 Å². The molecule has 3 rings (SSSR count). The van der Waals surface area contributed by atoms with Crippen LogP contribution in [0.3, 0.4) is 0 Å². The molecule has 21 heavy (non-hydrogen) atoms. The lowest BCUT2D eigenvalue weighted by Crippen LogP contribution is -2.62. The summed E-state index contributed by atoms with van der Waals surface area (Å²) in [5.41, 5.74) is 0. The molecule has 0 aromatic carbocycles. The van der Waals surface area contributed by atoms with E-state index in [1.54, 1.807) is 18.4 Å². The number of hydrogen-bond acceptors (Lipinski definition) is 4. The van der Waals surface area contributed by atoms with E-state index < -0.39 is 0 Å². The molecule has 0 bridgehead atoms. The van der Waals surface area contributed by atoms with E-state index in [9.17, 15) is 4.79 Å². The van der Waals surface area contributed by atoms with Crippen molar-refractivity contribution in [1.82, 2.24) is 5.32 Å². The first-order valence-electron chi connectivity index (χ1n) is 7.72. The minimum Gasteiger partial charge on any atom is -0.384 e. The summed E-state index contributed by atoms with van der Waals surface area (Å²) >= 11 is 1.76. The number of ether oxygens (including phenoxy) is 2. The van der Waals surface area contributed by atoms with E-state index in [0.29, 0.717) is 31.0 Å². The zero-order chi connectivity index (χ0) is 14.7. The van der Waals surface area contributed by atoms with E-state index >= 15 is 0 Å².